The molecule has 7 nitrogen and oxygen atoms in total. The molecule has 8 heteroatoms. The number of aromatic hydroxyl groups is 2. The maximum Gasteiger partial charge on any atom is 0.252 e. The molecule has 0 aliphatic heterocycles. The molecule has 5 rings (SSSR count). The number of phenols is 1. The number of amides is 1. The number of carbonyl (C=O) groups is 1. The summed E-state index contributed by atoms with van der Waals surface area (Å²) in [6.45, 7) is 2.31. The largest absolute Gasteiger partial charge is 0.505 e. The van der Waals surface area contributed by atoms with Gasteiger partial charge in [-0.1, -0.05) is 24.3 Å². The first-order valence-corrected chi connectivity index (χ1v) is 10.7. The smallest absolute Gasteiger partial charge is 0.252 e. The molecule has 1 amide bonds. The molecule has 0 radical (unpaired) electrons. The topological polar surface area (TPSA) is 100 Å². The van der Waals surface area contributed by atoms with Crippen LogP contribution in [0.3, 0.4) is 0 Å². The number of fused-ring (bicyclic) bond motifs is 2. The van der Waals surface area contributed by atoms with Gasteiger partial charge in [-0.05, 0) is 42.8 Å². The molecule has 0 saturated heterocycles. The zero-order valence-electron chi connectivity index (χ0n) is 18.3. The van der Waals surface area contributed by atoms with Crippen molar-refractivity contribution in [1.29, 1.82) is 0 Å². The molecule has 34 heavy (non-hydrogen) atoms. The molecule has 0 unspecified atom stereocenters. The van der Waals surface area contributed by atoms with E-state index in [2.05, 4.69) is 15.3 Å². The molecular formula is C26H21FN4O3. The maximum absolute atomic E-state index is 13.4. The van der Waals surface area contributed by atoms with Crippen LogP contribution in [0, 0.1) is 12.7 Å². The fourth-order valence-electron chi connectivity index (χ4n) is 4.14. The number of aryl methyl sites for hydroxylation is 1. The third-order valence-electron chi connectivity index (χ3n) is 5.73. The summed E-state index contributed by atoms with van der Waals surface area (Å²) >= 11 is 0. The summed E-state index contributed by atoms with van der Waals surface area (Å²) in [5.41, 5.74) is 2.80. The Balaban J connectivity index is 1.62. The van der Waals surface area contributed by atoms with Crippen molar-refractivity contribution in [3.8, 4) is 11.6 Å². The lowest BCUT2D eigenvalue weighted by atomic mass is 10.0. The molecule has 3 N–H and O–H groups in total. The highest BCUT2D eigenvalue weighted by Gasteiger charge is 2.24. The van der Waals surface area contributed by atoms with Crippen LogP contribution in [0.2, 0.25) is 0 Å². The highest BCUT2D eigenvalue weighted by Crippen LogP contribution is 2.42. The minimum Gasteiger partial charge on any atom is -0.505 e. The van der Waals surface area contributed by atoms with Gasteiger partial charge in [-0.15, -0.1) is 0 Å². The van der Waals surface area contributed by atoms with Gasteiger partial charge in [0.05, 0.1) is 29.7 Å². The second-order valence-electron chi connectivity index (χ2n) is 8.07. The standard InChI is InChI=1S/C26H21FN4O3/c1-15-4-2-5-18(30-15)12-29-25(33)21-19-6-3-11-28-23(19)24(32)22-20(21)14-31(26(22)34)13-16-7-9-17(27)10-8-16/h2-11,14,32,34H,12-13H2,1H3,(H,29,33). The number of carbonyl (C=O) groups excluding carboxylic acids is 1. The Morgan fingerprint density at radius 3 is 2.62 bits per heavy atom. The minimum atomic E-state index is -0.384. The van der Waals surface area contributed by atoms with Crippen molar-refractivity contribution in [1.82, 2.24) is 19.9 Å². The van der Waals surface area contributed by atoms with Crippen LogP contribution in [0.1, 0.15) is 27.3 Å². The number of benzene rings is 2. The first-order chi connectivity index (χ1) is 16.4. The second kappa shape index (κ2) is 8.47. The van der Waals surface area contributed by atoms with Crippen LogP contribution in [0.5, 0.6) is 11.6 Å². The number of pyridine rings is 2. The van der Waals surface area contributed by atoms with Crippen molar-refractivity contribution in [2.75, 3.05) is 0 Å². The van der Waals surface area contributed by atoms with E-state index in [1.807, 2.05) is 25.1 Å². The molecule has 0 aliphatic rings. The number of nitrogens with one attached hydrogen (secondary N) is 1. The van der Waals surface area contributed by atoms with E-state index >= 15 is 0 Å². The fourth-order valence-corrected chi connectivity index (χ4v) is 4.14. The molecule has 0 atom stereocenters. The van der Waals surface area contributed by atoms with Gasteiger partial charge >= 0.3 is 0 Å². The summed E-state index contributed by atoms with van der Waals surface area (Å²) in [5, 5.41) is 25.7. The van der Waals surface area contributed by atoms with Gasteiger partial charge in [0.2, 0.25) is 5.88 Å². The average molecular weight is 456 g/mol. The zero-order valence-corrected chi connectivity index (χ0v) is 18.3. The molecule has 0 spiro atoms. The van der Waals surface area contributed by atoms with Crippen LogP contribution >= 0.6 is 0 Å². The predicted molar refractivity (Wildman–Crippen MR) is 126 cm³/mol. The van der Waals surface area contributed by atoms with Crippen LogP contribution in [0.4, 0.5) is 4.39 Å². The van der Waals surface area contributed by atoms with E-state index in [0.717, 1.165) is 11.3 Å². The molecule has 3 heterocycles. The summed E-state index contributed by atoms with van der Waals surface area (Å²) in [4.78, 5) is 22.0. The number of aromatic nitrogens is 3. The molecule has 170 valence electrons. The normalized spacial score (nSPS) is 11.2. The Morgan fingerprint density at radius 2 is 1.85 bits per heavy atom. The Kier molecular flexibility index (Phi) is 5.33. The molecule has 0 aliphatic carbocycles. The summed E-state index contributed by atoms with van der Waals surface area (Å²) in [7, 11) is 0. The minimum absolute atomic E-state index is 0.132. The molecule has 0 fully saturated rings. The monoisotopic (exact) mass is 456 g/mol. The number of hydrogen-bond donors (Lipinski definition) is 3. The van der Waals surface area contributed by atoms with Crippen molar-refractivity contribution < 1.29 is 19.4 Å². The van der Waals surface area contributed by atoms with Crippen molar-refractivity contribution in [3.63, 3.8) is 0 Å². The van der Waals surface area contributed by atoms with E-state index in [0.29, 0.717) is 16.5 Å². The van der Waals surface area contributed by atoms with Gasteiger partial charge < -0.3 is 20.1 Å². The van der Waals surface area contributed by atoms with Crippen LogP contribution < -0.4 is 5.32 Å². The quantitative estimate of drug-likeness (QED) is 0.364. The van der Waals surface area contributed by atoms with Crippen molar-refractivity contribution in [2.24, 2.45) is 0 Å². The predicted octanol–water partition coefficient (Wildman–Crippen LogP) is 4.42. The average Bonchev–Trinajstić information content (AvgIpc) is 3.15. The van der Waals surface area contributed by atoms with Crippen molar-refractivity contribution in [2.45, 2.75) is 20.0 Å². The summed E-state index contributed by atoms with van der Waals surface area (Å²) in [6.07, 6.45) is 3.12. The van der Waals surface area contributed by atoms with Gasteiger partial charge in [-0.3, -0.25) is 14.8 Å². The third-order valence-corrected chi connectivity index (χ3v) is 5.73. The molecule has 3 aromatic heterocycles. The molecule has 2 aromatic carbocycles. The third kappa shape index (κ3) is 3.79. The molecular weight excluding hydrogens is 435 g/mol. The van der Waals surface area contributed by atoms with E-state index in [9.17, 15) is 19.4 Å². The Hall–Kier alpha value is -4.46. The summed E-state index contributed by atoms with van der Waals surface area (Å²) in [5.74, 6) is -1.16. The fraction of sp³-hybridized carbons (Fsp3) is 0.115. The number of rotatable bonds is 5. The first-order valence-electron chi connectivity index (χ1n) is 10.7. The van der Waals surface area contributed by atoms with Gasteiger partial charge in [0.25, 0.3) is 5.91 Å². The Morgan fingerprint density at radius 1 is 1.06 bits per heavy atom. The van der Waals surface area contributed by atoms with Gasteiger partial charge in [0.15, 0.2) is 5.75 Å². The van der Waals surface area contributed by atoms with Crippen LogP contribution in [0.15, 0.2) is 67.0 Å². The van der Waals surface area contributed by atoms with Crippen molar-refractivity contribution in [3.05, 3.63) is 95.3 Å². The van der Waals surface area contributed by atoms with E-state index in [1.165, 1.54) is 22.9 Å². The molecule has 5 aromatic rings. The summed E-state index contributed by atoms with van der Waals surface area (Å²) < 4.78 is 14.8. The van der Waals surface area contributed by atoms with Gasteiger partial charge in [0.1, 0.15) is 11.3 Å². The summed E-state index contributed by atoms with van der Waals surface area (Å²) in [6, 6.07) is 14.9. The van der Waals surface area contributed by atoms with Crippen LogP contribution in [0.25, 0.3) is 21.7 Å². The Bertz CT molecular complexity index is 1540. The van der Waals surface area contributed by atoms with Crippen LogP contribution in [-0.4, -0.2) is 30.7 Å². The lowest BCUT2D eigenvalue weighted by Crippen LogP contribution is -2.24. The van der Waals surface area contributed by atoms with Crippen molar-refractivity contribution >= 4 is 27.6 Å². The Labute approximate surface area is 194 Å². The number of nitrogens with zero attached hydrogens (tertiary/aromatic N) is 3. The lowest BCUT2D eigenvalue weighted by Gasteiger charge is -2.11. The van der Waals surface area contributed by atoms with E-state index in [4.69, 9.17) is 0 Å². The van der Waals surface area contributed by atoms with E-state index in [1.54, 1.807) is 30.5 Å². The highest BCUT2D eigenvalue weighted by atomic mass is 19.1. The van der Waals surface area contributed by atoms with Gasteiger partial charge in [0, 0.05) is 28.9 Å². The second-order valence-corrected chi connectivity index (χ2v) is 8.07. The first kappa shape index (κ1) is 21.4. The maximum atomic E-state index is 13.4. The number of halogens is 1. The van der Waals surface area contributed by atoms with E-state index in [-0.39, 0.29) is 52.9 Å². The molecule has 0 bridgehead atoms. The lowest BCUT2D eigenvalue weighted by molar-refractivity contribution is 0.0953. The van der Waals surface area contributed by atoms with Crippen LogP contribution in [-0.2, 0) is 13.1 Å². The number of phenolic OH excluding ortho intramolecular Hbond substituents is 1. The highest BCUT2D eigenvalue weighted by molar-refractivity contribution is 6.21. The van der Waals surface area contributed by atoms with E-state index < -0.39 is 0 Å². The molecule has 0 saturated carbocycles. The number of hydrogen-bond acceptors (Lipinski definition) is 5. The SMILES string of the molecule is Cc1cccc(CNC(=O)c2c3cccnc3c(O)c3c(O)n(Cc4ccc(F)cc4)cc23)n1. The zero-order chi connectivity index (χ0) is 23.8. The van der Waals surface area contributed by atoms with Gasteiger partial charge in [-0.25, -0.2) is 4.39 Å². The van der Waals surface area contributed by atoms with Gasteiger partial charge in [-0.2, -0.15) is 0 Å².